The van der Waals surface area contributed by atoms with Gasteiger partial charge in [-0.25, -0.2) is 8.42 Å². The van der Waals surface area contributed by atoms with Crippen molar-refractivity contribution in [2.24, 2.45) is 5.92 Å². The second-order valence-corrected chi connectivity index (χ2v) is 8.67. The average molecular weight is 395 g/mol. The van der Waals surface area contributed by atoms with E-state index in [0.29, 0.717) is 29.8 Å². The zero-order chi connectivity index (χ0) is 15.6. The molecule has 1 aliphatic heterocycles. The van der Waals surface area contributed by atoms with E-state index in [0.717, 1.165) is 34.9 Å². The summed E-state index contributed by atoms with van der Waals surface area (Å²) in [5.41, 5.74) is 1.57. The molecule has 1 heterocycles. The maximum atomic E-state index is 12.9. The Balaban J connectivity index is 2.34. The molecule has 0 radical (unpaired) electrons. The molecule has 118 valence electrons. The minimum atomic E-state index is -3.43. The fourth-order valence-electron chi connectivity index (χ4n) is 2.85. The molecule has 1 aromatic carbocycles. The lowest BCUT2D eigenvalue weighted by molar-refractivity contribution is 0.444. The molecule has 0 bridgehead atoms. The molecule has 0 aliphatic carbocycles. The van der Waals surface area contributed by atoms with Crippen LogP contribution in [0.3, 0.4) is 0 Å². The Kier molecular flexibility index (Phi) is 5.74. The maximum absolute atomic E-state index is 12.9. The van der Waals surface area contributed by atoms with Gasteiger partial charge in [0.2, 0.25) is 10.0 Å². The Morgan fingerprint density at radius 1 is 1.43 bits per heavy atom. The van der Waals surface area contributed by atoms with E-state index in [4.69, 9.17) is 11.6 Å². The Morgan fingerprint density at radius 3 is 2.76 bits per heavy atom. The highest BCUT2D eigenvalue weighted by Gasteiger charge is 2.33. The van der Waals surface area contributed by atoms with Gasteiger partial charge in [-0.15, -0.1) is 11.6 Å². The van der Waals surface area contributed by atoms with Crippen molar-refractivity contribution >= 4 is 37.6 Å². The molecule has 1 unspecified atom stereocenters. The second kappa shape index (κ2) is 6.99. The maximum Gasteiger partial charge on any atom is 0.243 e. The van der Waals surface area contributed by atoms with Crippen LogP contribution >= 0.6 is 27.5 Å². The molecule has 0 N–H and O–H groups in total. The summed E-state index contributed by atoms with van der Waals surface area (Å²) in [5, 5.41) is 0. The van der Waals surface area contributed by atoms with Gasteiger partial charge in [0, 0.05) is 23.4 Å². The molecular weight excluding hydrogens is 374 g/mol. The normalized spacial score (nSPS) is 20.1. The summed E-state index contributed by atoms with van der Waals surface area (Å²) in [6.07, 6.45) is 3.16. The summed E-state index contributed by atoms with van der Waals surface area (Å²) in [4.78, 5) is 0.379. The SMILES string of the molecule is CCCC1CCN(S(=O)(=O)c2cc(CCl)cc(Br)c2C)C1. The molecule has 3 nitrogen and oxygen atoms in total. The van der Waals surface area contributed by atoms with E-state index in [1.54, 1.807) is 10.4 Å². The Morgan fingerprint density at radius 2 is 2.14 bits per heavy atom. The standard InChI is InChI=1S/C15H21BrClNO2S/c1-3-4-12-5-6-18(10-12)21(19,20)15-8-13(9-17)7-14(16)11(15)2/h7-8,12H,3-6,9-10H2,1-2H3. The van der Waals surface area contributed by atoms with Crippen LogP contribution in [0.1, 0.15) is 37.3 Å². The van der Waals surface area contributed by atoms with Crippen molar-refractivity contribution in [1.29, 1.82) is 0 Å². The monoisotopic (exact) mass is 393 g/mol. The van der Waals surface area contributed by atoms with Crippen molar-refractivity contribution in [3.05, 3.63) is 27.7 Å². The van der Waals surface area contributed by atoms with Crippen molar-refractivity contribution < 1.29 is 8.42 Å². The Hall–Kier alpha value is -0.100. The summed E-state index contributed by atoms with van der Waals surface area (Å²) >= 11 is 9.30. The number of nitrogens with zero attached hydrogens (tertiary/aromatic N) is 1. The van der Waals surface area contributed by atoms with Crippen LogP contribution in [0.25, 0.3) is 0 Å². The molecule has 0 amide bonds. The number of benzene rings is 1. The molecule has 2 rings (SSSR count). The number of sulfonamides is 1. The van der Waals surface area contributed by atoms with Crippen LogP contribution in [-0.4, -0.2) is 25.8 Å². The molecule has 1 aromatic rings. The largest absolute Gasteiger partial charge is 0.243 e. The van der Waals surface area contributed by atoms with Crippen molar-refractivity contribution in [1.82, 2.24) is 4.31 Å². The van der Waals surface area contributed by atoms with Crippen LogP contribution in [0.4, 0.5) is 0 Å². The zero-order valence-corrected chi connectivity index (χ0v) is 15.6. The molecule has 0 spiro atoms. The summed E-state index contributed by atoms with van der Waals surface area (Å²) in [6.45, 7) is 5.23. The number of hydrogen-bond donors (Lipinski definition) is 0. The third-order valence-corrected chi connectivity index (χ3v) is 7.20. The quantitative estimate of drug-likeness (QED) is 0.698. The van der Waals surface area contributed by atoms with Gasteiger partial charge in [-0.2, -0.15) is 4.31 Å². The van der Waals surface area contributed by atoms with Gasteiger partial charge in [-0.3, -0.25) is 0 Å². The van der Waals surface area contributed by atoms with E-state index in [9.17, 15) is 8.42 Å². The lowest BCUT2D eigenvalue weighted by Gasteiger charge is -2.19. The number of alkyl halides is 1. The number of rotatable bonds is 5. The molecule has 0 aromatic heterocycles. The van der Waals surface area contributed by atoms with Gasteiger partial charge < -0.3 is 0 Å². The molecule has 1 atom stereocenters. The topological polar surface area (TPSA) is 37.4 Å². The lowest BCUT2D eigenvalue weighted by Crippen LogP contribution is -2.29. The van der Waals surface area contributed by atoms with Crippen LogP contribution < -0.4 is 0 Å². The summed E-state index contributed by atoms with van der Waals surface area (Å²) in [5.74, 6) is 0.796. The van der Waals surface area contributed by atoms with Gasteiger partial charge in [0.05, 0.1) is 4.90 Å². The highest BCUT2D eigenvalue weighted by atomic mass is 79.9. The number of halogens is 2. The van der Waals surface area contributed by atoms with Gasteiger partial charge in [0.1, 0.15) is 0 Å². The van der Waals surface area contributed by atoms with E-state index in [1.807, 2.05) is 13.0 Å². The molecular formula is C15H21BrClNO2S. The zero-order valence-electron chi connectivity index (χ0n) is 12.4. The summed E-state index contributed by atoms with van der Waals surface area (Å²) < 4.78 is 28.2. The van der Waals surface area contributed by atoms with Crippen molar-refractivity contribution in [2.75, 3.05) is 13.1 Å². The molecule has 1 fully saturated rings. The first-order chi connectivity index (χ1) is 9.90. The first-order valence-corrected chi connectivity index (χ1v) is 10.0. The van der Waals surface area contributed by atoms with E-state index < -0.39 is 10.0 Å². The highest BCUT2D eigenvalue weighted by molar-refractivity contribution is 9.10. The van der Waals surface area contributed by atoms with Crippen LogP contribution in [0.15, 0.2) is 21.5 Å². The fraction of sp³-hybridized carbons (Fsp3) is 0.600. The predicted octanol–water partition coefficient (Wildman–Crippen LogP) is 4.31. The van der Waals surface area contributed by atoms with Gasteiger partial charge >= 0.3 is 0 Å². The molecule has 1 saturated heterocycles. The minimum Gasteiger partial charge on any atom is -0.207 e. The average Bonchev–Trinajstić information content (AvgIpc) is 2.91. The third kappa shape index (κ3) is 3.63. The Bertz CT molecular complexity index is 618. The van der Waals surface area contributed by atoms with Gasteiger partial charge in [-0.05, 0) is 48.9 Å². The molecule has 1 aliphatic rings. The van der Waals surface area contributed by atoms with E-state index in [2.05, 4.69) is 22.9 Å². The highest BCUT2D eigenvalue weighted by Crippen LogP contribution is 2.32. The molecule has 0 saturated carbocycles. The first-order valence-electron chi connectivity index (χ1n) is 7.25. The van der Waals surface area contributed by atoms with E-state index >= 15 is 0 Å². The lowest BCUT2D eigenvalue weighted by atomic mass is 10.0. The fourth-order valence-corrected chi connectivity index (χ4v) is 5.47. The predicted molar refractivity (Wildman–Crippen MR) is 90.2 cm³/mol. The third-order valence-electron chi connectivity index (χ3n) is 4.07. The van der Waals surface area contributed by atoms with Gasteiger partial charge in [0.25, 0.3) is 0 Å². The second-order valence-electron chi connectivity index (χ2n) is 5.64. The summed E-state index contributed by atoms with van der Waals surface area (Å²) in [6, 6.07) is 3.58. The van der Waals surface area contributed by atoms with Gasteiger partial charge in [0.15, 0.2) is 0 Å². The van der Waals surface area contributed by atoms with Crippen LogP contribution in [0.5, 0.6) is 0 Å². The molecule has 6 heteroatoms. The first kappa shape index (κ1) is 17.3. The van der Waals surface area contributed by atoms with E-state index in [-0.39, 0.29) is 0 Å². The smallest absolute Gasteiger partial charge is 0.207 e. The minimum absolute atomic E-state index is 0.305. The number of hydrogen-bond acceptors (Lipinski definition) is 2. The van der Waals surface area contributed by atoms with Crippen LogP contribution in [-0.2, 0) is 15.9 Å². The van der Waals surface area contributed by atoms with Gasteiger partial charge in [-0.1, -0.05) is 29.3 Å². The van der Waals surface area contributed by atoms with Crippen molar-refractivity contribution in [2.45, 2.75) is 43.9 Å². The van der Waals surface area contributed by atoms with Crippen molar-refractivity contribution in [3.63, 3.8) is 0 Å². The Labute approximate surface area is 140 Å². The van der Waals surface area contributed by atoms with Crippen molar-refractivity contribution in [3.8, 4) is 0 Å². The van der Waals surface area contributed by atoms with Crippen LogP contribution in [0.2, 0.25) is 0 Å². The summed E-state index contributed by atoms with van der Waals surface area (Å²) in [7, 11) is -3.43. The molecule has 21 heavy (non-hydrogen) atoms. The van der Waals surface area contributed by atoms with Crippen LogP contribution in [0, 0.1) is 12.8 Å². The van der Waals surface area contributed by atoms with E-state index in [1.165, 1.54) is 0 Å².